The van der Waals surface area contributed by atoms with Crippen molar-refractivity contribution in [3.63, 3.8) is 0 Å². The third-order valence-electron chi connectivity index (χ3n) is 4.40. The minimum atomic E-state index is 0. The summed E-state index contributed by atoms with van der Waals surface area (Å²) in [6, 6.07) is 14.9. The van der Waals surface area contributed by atoms with Crippen molar-refractivity contribution >= 4 is 35.7 Å². The summed E-state index contributed by atoms with van der Waals surface area (Å²) in [4.78, 5) is 6.90. The fraction of sp³-hybridized carbons (Fsp3) is 0.278. The molecule has 0 spiro atoms. The zero-order chi connectivity index (χ0) is 14.2. The topological polar surface area (TPSA) is 21.1 Å². The van der Waals surface area contributed by atoms with Crippen molar-refractivity contribution in [1.29, 1.82) is 0 Å². The molecule has 2 aromatic heterocycles. The van der Waals surface area contributed by atoms with Gasteiger partial charge in [0.15, 0.2) is 0 Å². The van der Waals surface area contributed by atoms with Crippen LogP contribution in [-0.2, 0) is 19.5 Å². The zero-order valence-electron chi connectivity index (χ0n) is 13.1. The minimum absolute atomic E-state index is 0. The van der Waals surface area contributed by atoms with Gasteiger partial charge < -0.3 is 9.47 Å². The second kappa shape index (κ2) is 7.35. The van der Waals surface area contributed by atoms with Gasteiger partial charge in [0.05, 0.1) is 12.2 Å². The average molecular weight is 350 g/mol. The first-order valence-corrected chi connectivity index (χ1v) is 7.50. The fourth-order valence-electron chi connectivity index (χ4n) is 3.37. The Morgan fingerprint density at radius 1 is 1.04 bits per heavy atom. The van der Waals surface area contributed by atoms with E-state index in [1.807, 2.05) is 12.3 Å². The Balaban J connectivity index is 0.000000960. The van der Waals surface area contributed by atoms with Crippen molar-refractivity contribution in [2.75, 3.05) is 13.6 Å². The van der Waals surface area contributed by atoms with E-state index in [4.69, 9.17) is 0 Å². The first-order chi connectivity index (χ1) is 10.3. The van der Waals surface area contributed by atoms with Gasteiger partial charge in [0, 0.05) is 42.3 Å². The second-order valence-electron chi connectivity index (χ2n) is 5.84. The van der Waals surface area contributed by atoms with Crippen molar-refractivity contribution in [2.45, 2.75) is 19.5 Å². The molecule has 0 atom stereocenters. The molecule has 0 saturated heterocycles. The lowest BCUT2D eigenvalue weighted by atomic mass is 10.1. The predicted octanol–water partition coefficient (Wildman–Crippen LogP) is 3.92. The molecule has 3 nitrogen and oxygen atoms in total. The van der Waals surface area contributed by atoms with Crippen LogP contribution in [0.1, 0.15) is 17.0 Å². The lowest BCUT2D eigenvalue weighted by molar-refractivity contribution is 0.310. The van der Waals surface area contributed by atoms with Crippen molar-refractivity contribution in [1.82, 2.24) is 14.5 Å². The Morgan fingerprint density at radius 3 is 2.61 bits per heavy atom. The highest BCUT2D eigenvalue weighted by molar-refractivity contribution is 5.86. The predicted molar refractivity (Wildman–Crippen MR) is 99.8 cm³/mol. The highest BCUT2D eigenvalue weighted by Crippen LogP contribution is 2.30. The smallest absolute Gasteiger partial charge is 0.0651 e. The number of hydrogen-bond acceptors (Lipinski definition) is 2. The molecule has 1 aromatic carbocycles. The second-order valence-corrected chi connectivity index (χ2v) is 5.84. The maximum Gasteiger partial charge on any atom is 0.0651 e. The van der Waals surface area contributed by atoms with Crippen LogP contribution in [0.15, 0.2) is 48.7 Å². The molecule has 0 bridgehead atoms. The standard InChI is InChI=1S/C18H19N3.2ClH/c1-20-11-9-18-16(13-20)15-7-2-3-8-17(15)21(18)12-14-6-4-5-10-19-14;;/h2-8,10H,9,11-13H2,1H3;2*1H. The number of benzene rings is 1. The molecule has 23 heavy (non-hydrogen) atoms. The third-order valence-corrected chi connectivity index (χ3v) is 4.40. The fourth-order valence-corrected chi connectivity index (χ4v) is 3.37. The van der Waals surface area contributed by atoms with Crippen LogP contribution in [0.25, 0.3) is 10.9 Å². The van der Waals surface area contributed by atoms with E-state index in [1.165, 1.54) is 22.2 Å². The van der Waals surface area contributed by atoms with Crippen LogP contribution in [0.5, 0.6) is 0 Å². The lowest BCUT2D eigenvalue weighted by Gasteiger charge is -2.24. The molecule has 3 aromatic rings. The molecular weight excluding hydrogens is 329 g/mol. The summed E-state index contributed by atoms with van der Waals surface area (Å²) >= 11 is 0. The highest BCUT2D eigenvalue weighted by atomic mass is 35.5. The van der Waals surface area contributed by atoms with Crippen LogP contribution in [0.4, 0.5) is 0 Å². The van der Waals surface area contributed by atoms with Gasteiger partial charge in [-0.25, -0.2) is 0 Å². The molecule has 3 heterocycles. The number of aromatic nitrogens is 2. The number of likely N-dealkylation sites (N-methyl/N-ethyl adjacent to an activating group) is 1. The van der Waals surface area contributed by atoms with Gasteiger partial charge in [-0.2, -0.15) is 0 Å². The monoisotopic (exact) mass is 349 g/mol. The van der Waals surface area contributed by atoms with Crippen LogP contribution < -0.4 is 0 Å². The van der Waals surface area contributed by atoms with Crippen molar-refractivity contribution in [2.24, 2.45) is 0 Å². The number of halogens is 2. The number of pyridine rings is 1. The Morgan fingerprint density at radius 2 is 1.83 bits per heavy atom. The van der Waals surface area contributed by atoms with E-state index >= 15 is 0 Å². The van der Waals surface area contributed by atoms with Crippen LogP contribution in [0.3, 0.4) is 0 Å². The minimum Gasteiger partial charge on any atom is -0.338 e. The van der Waals surface area contributed by atoms with E-state index in [-0.39, 0.29) is 24.8 Å². The van der Waals surface area contributed by atoms with Crippen LogP contribution in [0.2, 0.25) is 0 Å². The molecule has 0 amide bonds. The number of hydrogen-bond donors (Lipinski definition) is 0. The molecule has 122 valence electrons. The Hall–Kier alpha value is -1.55. The summed E-state index contributed by atoms with van der Waals surface area (Å²) in [6.45, 7) is 3.04. The number of fused-ring (bicyclic) bond motifs is 3. The molecule has 0 aliphatic carbocycles. The van der Waals surface area contributed by atoms with Crippen LogP contribution in [0, 0.1) is 0 Å². The highest BCUT2D eigenvalue weighted by Gasteiger charge is 2.22. The summed E-state index contributed by atoms with van der Waals surface area (Å²) in [5.74, 6) is 0. The molecule has 0 radical (unpaired) electrons. The van der Waals surface area contributed by atoms with Gasteiger partial charge in [0.2, 0.25) is 0 Å². The van der Waals surface area contributed by atoms with E-state index in [2.05, 4.69) is 57.9 Å². The molecule has 0 unspecified atom stereocenters. The molecule has 0 N–H and O–H groups in total. The summed E-state index contributed by atoms with van der Waals surface area (Å²) in [5.41, 5.74) is 5.44. The van der Waals surface area contributed by atoms with Gasteiger partial charge in [0.25, 0.3) is 0 Å². The van der Waals surface area contributed by atoms with Crippen molar-refractivity contribution in [3.05, 3.63) is 65.6 Å². The summed E-state index contributed by atoms with van der Waals surface area (Å²) in [6.07, 6.45) is 2.99. The van der Waals surface area contributed by atoms with Gasteiger partial charge in [0.1, 0.15) is 0 Å². The molecular formula is C18H21Cl2N3. The van der Waals surface area contributed by atoms with E-state index in [9.17, 15) is 0 Å². The first-order valence-electron chi connectivity index (χ1n) is 7.50. The molecule has 1 aliphatic heterocycles. The molecule has 1 aliphatic rings. The maximum absolute atomic E-state index is 4.49. The van der Waals surface area contributed by atoms with E-state index in [1.54, 1.807) is 0 Å². The van der Waals surface area contributed by atoms with Crippen molar-refractivity contribution < 1.29 is 0 Å². The largest absolute Gasteiger partial charge is 0.338 e. The lowest BCUT2D eigenvalue weighted by Crippen LogP contribution is -2.27. The van der Waals surface area contributed by atoms with E-state index < -0.39 is 0 Å². The SMILES string of the molecule is CN1CCc2c(c3ccccc3n2Cc2ccccn2)C1.Cl.Cl. The average Bonchev–Trinajstić information content (AvgIpc) is 2.82. The quantitative estimate of drug-likeness (QED) is 0.699. The van der Waals surface area contributed by atoms with Gasteiger partial charge in [-0.3, -0.25) is 4.98 Å². The number of rotatable bonds is 2. The molecule has 0 fully saturated rings. The van der Waals surface area contributed by atoms with Crippen LogP contribution in [-0.4, -0.2) is 28.0 Å². The summed E-state index contributed by atoms with van der Waals surface area (Å²) in [7, 11) is 2.20. The zero-order valence-corrected chi connectivity index (χ0v) is 14.7. The third kappa shape index (κ3) is 3.23. The molecule has 0 saturated carbocycles. The van der Waals surface area contributed by atoms with Gasteiger partial charge in [-0.05, 0) is 30.8 Å². The van der Waals surface area contributed by atoms with Gasteiger partial charge >= 0.3 is 0 Å². The molecule has 4 rings (SSSR count). The van der Waals surface area contributed by atoms with Gasteiger partial charge in [-0.15, -0.1) is 24.8 Å². The number of para-hydroxylation sites is 1. The number of nitrogens with zero attached hydrogens (tertiary/aromatic N) is 3. The normalized spacial score (nSPS) is 14.0. The maximum atomic E-state index is 4.49. The van der Waals surface area contributed by atoms with Crippen molar-refractivity contribution in [3.8, 4) is 0 Å². The van der Waals surface area contributed by atoms with Gasteiger partial charge in [-0.1, -0.05) is 24.3 Å². The Labute approximate surface area is 149 Å². The first kappa shape index (κ1) is 17.8. The summed E-state index contributed by atoms with van der Waals surface area (Å²) in [5, 5.41) is 1.40. The molecule has 5 heteroatoms. The summed E-state index contributed by atoms with van der Waals surface area (Å²) < 4.78 is 2.46. The van der Waals surface area contributed by atoms with Crippen LogP contribution >= 0.6 is 24.8 Å². The Kier molecular flexibility index (Phi) is 5.69. The Bertz CT molecular complexity index is 784. The van der Waals surface area contributed by atoms with E-state index in [0.29, 0.717) is 0 Å². The van der Waals surface area contributed by atoms with E-state index in [0.717, 1.165) is 31.7 Å².